The van der Waals surface area contributed by atoms with Crippen LogP contribution in [0.15, 0.2) is 0 Å². The molecule has 1 aliphatic heterocycles. The number of sulfonamides is 1. The lowest BCUT2D eigenvalue weighted by molar-refractivity contribution is 0.268. The summed E-state index contributed by atoms with van der Waals surface area (Å²) in [4.78, 5) is 2.43. The predicted molar refractivity (Wildman–Crippen MR) is 66.0 cm³/mol. The van der Waals surface area contributed by atoms with Crippen molar-refractivity contribution < 1.29 is 8.42 Å². The monoisotopic (exact) mass is 249 g/mol. The zero-order chi connectivity index (χ0) is 12.2. The molecular formula is C10H23N3O2S. The molecule has 1 saturated heterocycles. The lowest BCUT2D eigenvalue weighted by Crippen LogP contribution is -2.39. The normalized spacial score (nSPS) is 23.1. The first-order valence-corrected chi connectivity index (χ1v) is 7.69. The van der Waals surface area contributed by atoms with Gasteiger partial charge < -0.3 is 5.32 Å². The van der Waals surface area contributed by atoms with Crippen LogP contribution in [0.2, 0.25) is 0 Å². The highest BCUT2D eigenvalue weighted by atomic mass is 32.2. The van der Waals surface area contributed by atoms with E-state index < -0.39 is 10.0 Å². The van der Waals surface area contributed by atoms with Gasteiger partial charge in [0.25, 0.3) is 0 Å². The molecule has 6 heteroatoms. The topological polar surface area (TPSA) is 61.4 Å². The molecule has 96 valence electrons. The Bertz CT molecular complexity index is 303. The number of rotatable bonds is 6. The van der Waals surface area contributed by atoms with Crippen LogP contribution in [-0.4, -0.2) is 57.8 Å². The van der Waals surface area contributed by atoms with Gasteiger partial charge in [-0.15, -0.1) is 0 Å². The van der Waals surface area contributed by atoms with Gasteiger partial charge in [-0.3, -0.25) is 4.90 Å². The molecule has 0 aliphatic carbocycles. The van der Waals surface area contributed by atoms with Gasteiger partial charge in [-0.25, -0.2) is 13.1 Å². The minimum atomic E-state index is -3.04. The van der Waals surface area contributed by atoms with Crippen LogP contribution in [-0.2, 0) is 10.0 Å². The lowest BCUT2D eigenvalue weighted by atomic mass is 10.2. The Labute approximate surface area is 98.6 Å². The van der Waals surface area contributed by atoms with E-state index in [4.69, 9.17) is 0 Å². The minimum Gasteiger partial charge on any atom is -0.311 e. The molecule has 2 N–H and O–H groups in total. The third-order valence-electron chi connectivity index (χ3n) is 2.87. The second kappa shape index (κ2) is 5.95. The standard InChI is InChI=1S/C10H23N3O2S/c1-9(2)13-7-4-10(8-13)11-5-6-12-16(3,14)15/h9-12H,4-8H2,1-3H3. The van der Waals surface area contributed by atoms with Crippen molar-refractivity contribution >= 4 is 10.0 Å². The zero-order valence-corrected chi connectivity index (χ0v) is 11.2. The van der Waals surface area contributed by atoms with Gasteiger partial charge in [-0.05, 0) is 26.8 Å². The lowest BCUT2D eigenvalue weighted by Gasteiger charge is -2.20. The molecule has 0 aromatic rings. The van der Waals surface area contributed by atoms with E-state index in [1.165, 1.54) is 6.26 Å². The summed E-state index contributed by atoms with van der Waals surface area (Å²) >= 11 is 0. The van der Waals surface area contributed by atoms with Gasteiger partial charge in [0.2, 0.25) is 10.0 Å². The van der Waals surface area contributed by atoms with Crippen LogP contribution in [0.3, 0.4) is 0 Å². The van der Waals surface area contributed by atoms with Crippen LogP contribution < -0.4 is 10.0 Å². The van der Waals surface area contributed by atoms with Crippen LogP contribution in [0.4, 0.5) is 0 Å². The molecule has 0 spiro atoms. The SMILES string of the molecule is CC(C)N1CCC(NCCNS(C)(=O)=O)C1. The molecule has 0 aromatic carbocycles. The maximum absolute atomic E-state index is 10.8. The van der Waals surface area contributed by atoms with Crippen LogP contribution in [0.5, 0.6) is 0 Å². The molecule has 0 radical (unpaired) electrons. The Morgan fingerprint density at radius 1 is 1.38 bits per heavy atom. The molecule has 16 heavy (non-hydrogen) atoms. The number of nitrogens with zero attached hydrogens (tertiary/aromatic N) is 1. The fourth-order valence-corrected chi connectivity index (χ4v) is 2.41. The molecule has 0 saturated carbocycles. The number of hydrogen-bond acceptors (Lipinski definition) is 4. The fraction of sp³-hybridized carbons (Fsp3) is 1.00. The van der Waals surface area contributed by atoms with E-state index in [2.05, 4.69) is 28.8 Å². The molecule has 1 unspecified atom stereocenters. The molecule has 0 bridgehead atoms. The average molecular weight is 249 g/mol. The molecule has 0 amide bonds. The molecule has 5 nitrogen and oxygen atoms in total. The Morgan fingerprint density at radius 3 is 2.56 bits per heavy atom. The summed E-state index contributed by atoms with van der Waals surface area (Å²) in [5.41, 5.74) is 0. The second-order valence-corrected chi connectivity index (χ2v) is 6.53. The van der Waals surface area contributed by atoms with Crippen LogP contribution >= 0.6 is 0 Å². The van der Waals surface area contributed by atoms with E-state index in [0.29, 0.717) is 25.2 Å². The van der Waals surface area contributed by atoms with Gasteiger partial charge in [0, 0.05) is 31.7 Å². The molecule has 1 rings (SSSR count). The van der Waals surface area contributed by atoms with Crippen molar-refractivity contribution in [1.29, 1.82) is 0 Å². The first kappa shape index (κ1) is 13.9. The summed E-state index contributed by atoms with van der Waals surface area (Å²) in [6.45, 7) is 7.77. The van der Waals surface area contributed by atoms with Crippen LogP contribution in [0.25, 0.3) is 0 Å². The van der Waals surface area contributed by atoms with Gasteiger partial charge >= 0.3 is 0 Å². The summed E-state index contributed by atoms with van der Waals surface area (Å²) in [7, 11) is -3.04. The molecule has 1 aliphatic rings. The van der Waals surface area contributed by atoms with Crippen molar-refractivity contribution in [3.05, 3.63) is 0 Å². The Hall–Kier alpha value is -0.170. The van der Waals surface area contributed by atoms with E-state index in [-0.39, 0.29) is 0 Å². The Balaban J connectivity index is 2.11. The van der Waals surface area contributed by atoms with Crippen molar-refractivity contribution in [3.8, 4) is 0 Å². The quantitative estimate of drug-likeness (QED) is 0.629. The summed E-state index contributed by atoms with van der Waals surface area (Å²) in [5.74, 6) is 0. The largest absolute Gasteiger partial charge is 0.311 e. The van der Waals surface area contributed by atoms with Crippen molar-refractivity contribution in [3.63, 3.8) is 0 Å². The van der Waals surface area contributed by atoms with Gasteiger partial charge in [-0.2, -0.15) is 0 Å². The summed E-state index contributed by atoms with van der Waals surface area (Å²) in [5, 5.41) is 3.37. The van der Waals surface area contributed by atoms with Crippen molar-refractivity contribution in [1.82, 2.24) is 14.9 Å². The third kappa shape index (κ3) is 5.25. The first-order chi connectivity index (χ1) is 7.38. The van der Waals surface area contributed by atoms with Gasteiger partial charge in [-0.1, -0.05) is 0 Å². The number of nitrogens with one attached hydrogen (secondary N) is 2. The molecule has 1 atom stereocenters. The maximum Gasteiger partial charge on any atom is 0.208 e. The summed E-state index contributed by atoms with van der Waals surface area (Å²) in [6.07, 6.45) is 2.33. The van der Waals surface area contributed by atoms with E-state index in [9.17, 15) is 8.42 Å². The van der Waals surface area contributed by atoms with Gasteiger partial charge in [0.1, 0.15) is 0 Å². The summed E-state index contributed by atoms with van der Waals surface area (Å²) in [6, 6.07) is 1.10. The Morgan fingerprint density at radius 2 is 2.06 bits per heavy atom. The Kier molecular flexibility index (Phi) is 5.17. The van der Waals surface area contributed by atoms with Crippen molar-refractivity contribution in [2.75, 3.05) is 32.4 Å². The highest BCUT2D eigenvalue weighted by Crippen LogP contribution is 2.11. The molecule has 0 aromatic heterocycles. The maximum atomic E-state index is 10.8. The zero-order valence-electron chi connectivity index (χ0n) is 10.4. The van der Waals surface area contributed by atoms with Crippen LogP contribution in [0.1, 0.15) is 20.3 Å². The average Bonchev–Trinajstić information content (AvgIpc) is 2.59. The van der Waals surface area contributed by atoms with Crippen LogP contribution in [0, 0.1) is 0 Å². The van der Waals surface area contributed by atoms with Crippen molar-refractivity contribution in [2.45, 2.75) is 32.4 Å². The van der Waals surface area contributed by atoms with E-state index in [1.54, 1.807) is 0 Å². The van der Waals surface area contributed by atoms with Gasteiger partial charge in [0.15, 0.2) is 0 Å². The smallest absolute Gasteiger partial charge is 0.208 e. The number of hydrogen-bond donors (Lipinski definition) is 2. The highest BCUT2D eigenvalue weighted by Gasteiger charge is 2.23. The van der Waals surface area contributed by atoms with E-state index in [1.807, 2.05) is 0 Å². The molecular weight excluding hydrogens is 226 g/mol. The fourth-order valence-electron chi connectivity index (χ4n) is 1.94. The minimum absolute atomic E-state index is 0.469. The third-order valence-corrected chi connectivity index (χ3v) is 3.60. The van der Waals surface area contributed by atoms with E-state index in [0.717, 1.165) is 19.5 Å². The van der Waals surface area contributed by atoms with E-state index >= 15 is 0 Å². The van der Waals surface area contributed by atoms with Crippen molar-refractivity contribution in [2.24, 2.45) is 0 Å². The summed E-state index contributed by atoms with van der Waals surface area (Å²) < 4.78 is 24.1. The predicted octanol–water partition coefficient (Wildman–Crippen LogP) is -0.392. The number of likely N-dealkylation sites (tertiary alicyclic amines) is 1. The van der Waals surface area contributed by atoms with Gasteiger partial charge in [0.05, 0.1) is 6.26 Å². The second-order valence-electron chi connectivity index (χ2n) is 4.69. The molecule has 1 heterocycles. The highest BCUT2D eigenvalue weighted by molar-refractivity contribution is 7.88. The first-order valence-electron chi connectivity index (χ1n) is 5.80. The molecule has 1 fully saturated rings.